The molecule has 0 fully saturated rings. The van der Waals surface area contributed by atoms with Gasteiger partial charge in [0.1, 0.15) is 0 Å². The van der Waals surface area contributed by atoms with E-state index in [4.69, 9.17) is 0 Å². The van der Waals surface area contributed by atoms with Crippen molar-refractivity contribution in [2.24, 2.45) is 0 Å². The first-order valence-corrected chi connectivity index (χ1v) is 11.0. The topological polar surface area (TPSA) is 0 Å². The molecule has 3 aromatic carbocycles. The van der Waals surface area contributed by atoms with Gasteiger partial charge in [0.25, 0.3) is 0 Å². The summed E-state index contributed by atoms with van der Waals surface area (Å²) in [6, 6.07) is 18.2. The first-order chi connectivity index (χ1) is 14.0. The van der Waals surface area contributed by atoms with Gasteiger partial charge in [0.15, 0.2) is 0 Å². The van der Waals surface area contributed by atoms with Crippen molar-refractivity contribution in [1.82, 2.24) is 0 Å². The minimum Gasteiger partial charge on any atom is -1.00 e. The Balaban J connectivity index is 0.00000136. The van der Waals surface area contributed by atoms with E-state index < -0.39 is 0 Å². The maximum Gasteiger partial charge on any atom is -1.00 e. The number of benzene rings is 3. The van der Waals surface area contributed by atoms with E-state index in [1.165, 1.54) is 64.2 Å². The summed E-state index contributed by atoms with van der Waals surface area (Å²) in [6.07, 6.45) is 7.70. The van der Waals surface area contributed by atoms with Gasteiger partial charge in [-0.05, 0) is 0 Å². The van der Waals surface area contributed by atoms with Crippen molar-refractivity contribution in [2.75, 3.05) is 0 Å². The molecule has 0 unspecified atom stereocenters. The molecule has 1 aliphatic carbocycles. The molecule has 0 N–H and O–H groups in total. The molecule has 4 heteroatoms. The Hall–Kier alpha value is -1.63. The van der Waals surface area contributed by atoms with Crippen molar-refractivity contribution in [1.29, 1.82) is 0 Å². The van der Waals surface area contributed by atoms with Crippen LogP contribution in [0.2, 0.25) is 0 Å². The van der Waals surface area contributed by atoms with Crippen molar-refractivity contribution in [3.8, 4) is 11.1 Å². The first kappa shape index (κ1) is 24.0. The summed E-state index contributed by atoms with van der Waals surface area (Å²) in [7, 11) is 0. The van der Waals surface area contributed by atoms with Gasteiger partial charge in [0.2, 0.25) is 0 Å². The molecule has 0 radical (unpaired) electrons. The zero-order chi connectivity index (χ0) is 20.1. The summed E-state index contributed by atoms with van der Waals surface area (Å²) in [4.78, 5) is 0. The number of hydrogen-bond donors (Lipinski definition) is 0. The molecule has 1 aliphatic rings. The van der Waals surface area contributed by atoms with Crippen LogP contribution in [0, 0.1) is 20.8 Å². The normalized spacial score (nSPS) is 12.5. The summed E-state index contributed by atoms with van der Waals surface area (Å²) >= 11 is 2.25. The summed E-state index contributed by atoms with van der Waals surface area (Å²) in [5.41, 5.74) is 9.58. The molecule has 31 heavy (non-hydrogen) atoms. The Bertz CT molecular complexity index is 1350. The fraction of sp³-hybridized carbons (Fsp3) is 0.148. The minimum atomic E-state index is 0. The summed E-state index contributed by atoms with van der Waals surface area (Å²) in [6.45, 7) is 9.09. The predicted molar refractivity (Wildman–Crippen MR) is 124 cm³/mol. The van der Waals surface area contributed by atoms with Crippen LogP contribution in [-0.4, -0.2) is 6.91 Å². The summed E-state index contributed by atoms with van der Waals surface area (Å²) in [5.74, 6) is 0. The number of halogens is 2. The van der Waals surface area contributed by atoms with E-state index >= 15 is 0 Å². The Labute approximate surface area is 209 Å². The SMILES string of the molecule is Cc1cc(C)c(-c2c3b[c]([Ti+2])c(C4=CC=CC4)cc3cc3ccccc23)c(C)c1.[Cl-].[Cl-]. The zero-order valence-corrected chi connectivity index (χ0v) is 21.0. The Morgan fingerprint density at radius 1 is 0.839 bits per heavy atom. The average molecular weight is 476 g/mol. The molecule has 0 aliphatic heterocycles. The third kappa shape index (κ3) is 4.22. The van der Waals surface area contributed by atoms with E-state index in [0.717, 1.165) is 6.42 Å². The summed E-state index contributed by atoms with van der Waals surface area (Å²) < 4.78 is 1.35. The summed E-state index contributed by atoms with van der Waals surface area (Å²) in [5, 5.41) is 5.32. The number of rotatable bonds is 2. The molecule has 1 heterocycles. The van der Waals surface area contributed by atoms with E-state index in [1.54, 1.807) is 0 Å². The van der Waals surface area contributed by atoms with Crippen LogP contribution in [0.15, 0.2) is 66.8 Å². The van der Waals surface area contributed by atoms with Crippen LogP contribution in [0.3, 0.4) is 0 Å². The van der Waals surface area contributed by atoms with Crippen LogP contribution in [0.1, 0.15) is 28.7 Å². The largest absolute Gasteiger partial charge is 1.00 e. The second-order valence-corrected chi connectivity index (χ2v) is 9.03. The van der Waals surface area contributed by atoms with Crippen LogP contribution in [0.5, 0.6) is 0 Å². The average Bonchev–Trinajstić information content (AvgIpc) is 3.21. The molecule has 0 amide bonds. The number of fused-ring (bicyclic) bond motifs is 2. The van der Waals surface area contributed by atoms with E-state index in [2.05, 4.69) is 115 Å². The Morgan fingerprint density at radius 3 is 2.23 bits per heavy atom. The van der Waals surface area contributed by atoms with Gasteiger partial charge in [-0.3, -0.25) is 0 Å². The van der Waals surface area contributed by atoms with E-state index in [0.29, 0.717) is 0 Å². The Morgan fingerprint density at radius 2 is 1.55 bits per heavy atom. The minimum absolute atomic E-state index is 0. The Kier molecular flexibility index (Phi) is 7.34. The van der Waals surface area contributed by atoms with E-state index in [-0.39, 0.29) is 24.8 Å². The smallest absolute Gasteiger partial charge is 1.00 e. The third-order valence-electron chi connectivity index (χ3n) is 6.04. The van der Waals surface area contributed by atoms with E-state index in [1.807, 2.05) is 0 Å². The van der Waals surface area contributed by atoms with Crippen LogP contribution in [0.4, 0.5) is 0 Å². The van der Waals surface area contributed by atoms with Crippen molar-refractivity contribution >= 4 is 37.7 Å². The van der Waals surface area contributed by atoms with Gasteiger partial charge < -0.3 is 24.8 Å². The van der Waals surface area contributed by atoms with Gasteiger partial charge in [-0.25, -0.2) is 0 Å². The molecule has 0 saturated carbocycles. The molecule has 0 atom stereocenters. The van der Waals surface area contributed by atoms with Gasteiger partial charge in [-0.2, -0.15) is 0 Å². The fourth-order valence-electron chi connectivity index (χ4n) is 4.87. The monoisotopic (exact) mass is 475 g/mol. The quantitative estimate of drug-likeness (QED) is 0.292. The second kappa shape index (κ2) is 9.47. The van der Waals surface area contributed by atoms with Gasteiger partial charge in [0, 0.05) is 0 Å². The van der Waals surface area contributed by atoms with Crippen molar-refractivity contribution in [2.45, 2.75) is 27.2 Å². The van der Waals surface area contributed by atoms with Gasteiger partial charge in [-0.1, -0.05) is 0 Å². The maximum absolute atomic E-state index is 2.41. The number of hydrogen-bond acceptors (Lipinski definition) is 0. The van der Waals surface area contributed by atoms with Crippen molar-refractivity contribution in [3.05, 3.63) is 89.0 Å². The number of allylic oxidation sites excluding steroid dienone is 4. The van der Waals surface area contributed by atoms with Gasteiger partial charge in [0.05, 0.1) is 0 Å². The molecule has 0 bridgehead atoms. The zero-order valence-electron chi connectivity index (χ0n) is 17.9. The second-order valence-electron chi connectivity index (χ2n) is 8.19. The van der Waals surface area contributed by atoms with Gasteiger partial charge >= 0.3 is 185 Å². The third-order valence-corrected chi connectivity index (χ3v) is 6.69. The van der Waals surface area contributed by atoms with E-state index in [9.17, 15) is 0 Å². The fourth-order valence-corrected chi connectivity index (χ4v) is 5.46. The number of aryl methyl sites for hydroxylation is 3. The molecule has 0 spiro atoms. The van der Waals surface area contributed by atoms with Gasteiger partial charge in [-0.15, -0.1) is 0 Å². The first-order valence-electron chi connectivity index (χ1n) is 10.2. The molecule has 1 aromatic heterocycles. The van der Waals surface area contributed by atoms with Crippen LogP contribution in [-0.2, 0) is 20.4 Å². The molecular formula is C27H22BCl2Ti. The molecule has 151 valence electrons. The predicted octanol–water partition coefficient (Wildman–Crippen LogP) is 0.447. The van der Waals surface area contributed by atoms with Crippen molar-refractivity contribution < 1.29 is 45.2 Å². The molecule has 5 rings (SSSR count). The maximum atomic E-state index is 2.41. The van der Waals surface area contributed by atoms with Crippen LogP contribution in [0.25, 0.3) is 38.1 Å². The van der Waals surface area contributed by atoms with Crippen LogP contribution < -0.4 is 28.6 Å². The molecule has 0 saturated heterocycles. The van der Waals surface area contributed by atoms with Crippen LogP contribution >= 0.6 is 0 Å². The van der Waals surface area contributed by atoms with Crippen molar-refractivity contribution in [3.63, 3.8) is 0 Å². The molecular weight excluding hydrogens is 454 g/mol. The molecule has 0 nitrogen and oxygen atoms in total. The standard InChI is InChI=1S/C27H22B.2ClH.Ti/c1-17-12-18(2)25(19(3)13-17)26-24-11-7-6-10-21(24)14-22-15-23(16-28-27(22)26)20-8-4-5-9-20;;;/h4-8,10-15H,9H2,1-3H3;2*1H;/q;;;+2/p-2. The molecule has 4 aromatic rings.